The zero-order valence-electron chi connectivity index (χ0n) is 27.8. The Balaban J connectivity index is 1.59. The standard InChI is InChI=1S/C39H45N3O5S/c1-3-32-19-13-14-25-36(32)42(48(45,46)35-23-11-6-12-24-35)29-38(43)41(28-31-18-15-22-34(26-31)47-2)37(27-30-16-7-4-8-17-30)39(44)40-33-20-9-5-10-21-33/h4,6-8,11-19,22-26,33,37H,3,5,9-10,20-21,27-29H2,1-2H3,(H,40,44)/t37-/m0/s1. The molecule has 1 N–H and O–H groups in total. The van der Waals surface area contributed by atoms with Gasteiger partial charge in [-0.1, -0.05) is 105 Å². The number of benzene rings is 4. The van der Waals surface area contributed by atoms with Crippen LogP contribution < -0.4 is 14.4 Å². The number of hydrogen-bond acceptors (Lipinski definition) is 5. The average Bonchev–Trinajstić information content (AvgIpc) is 3.13. The fourth-order valence-corrected chi connectivity index (χ4v) is 7.82. The number of amides is 2. The smallest absolute Gasteiger partial charge is 0.264 e. The molecule has 9 heteroatoms. The van der Waals surface area contributed by atoms with Crippen molar-refractivity contribution in [2.45, 2.75) is 75.4 Å². The van der Waals surface area contributed by atoms with Gasteiger partial charge in [-0.05, 0) is 66.3 Å². The van der Waals surface area contributed by atoms with Gasteiger partial charge in [-0.25, -0.2) is 8.42 Å². The lowest BCUT2D eigenvalue weighted by Gasteiger charge is -2.35. The molecule has 2 amide bonds. The number of aryl methyl sites for hydroxylation is 1. The third-order valence-corrected chi connectivity index (χ3v) is 10.7. The third kappa shape index (κ3) is 8.63. The van der Waals surface area contributed by atoms with Crippen molar-refractivity contribution in [1.29, 1.82) is 0 Å². The number of para-hydroxylation sites is 1. The van der Waals surface area contributed by atoms with Crippen molar-refractivity contribution >= 4 is 27.5 Å². The zero-order valence-corrected chi connectivity index (χ0v) is 28.6. The predicted molar refractivity (Wildman–Crippen MR) is 189 cm³/mol. The number of nitrogens with zero attached hydrogens (tertiary/aromatic N) is 2. The third-order valence-electron chi connectivity index (χ3n) is 8.96. The fourth-order valence-electron chi connectivity index (χ4n) is 6.35. The topological polar surface area (TPSA) is 96.0 Å². The highest BCUT2D eigenvalue weighted by Crippen LogP contribution is 2.29. The molecule has 48 heavy (non-hydrogen) atoms. The number of hydrogen-bond donors (Lipinski definition) is 1. The molecule has 0 bridgehead atoms. The van der Waals surface area contributed by atoms with Gasteiger partial charge in [0.25, 0.3) is 10.0 Å². The summed E-state index contributed by atoms with van der Waals surface area (Å²) < 4.78 is 35.3. The second-order valence-electron chi connectivity index (χ2n) is 12.2. The molecular weight excluding hydrogens is 623 g/mol. The van der Waals surface area contributed by atoms with Gasteiger partial charge >= 0.3 is 0 Å². The van der Waals surface area contributed by atoms with Crippen LogP contribution in [0.4, 0.5) is 5.69 Å². The molecular formula is C39H45N3O5S. The van der Waals surface area contributed by atoms with E-state index in [-0.39, 0.29) is 29.8 Å². The van der Waals surface area contributed by atoms with E-state index in [9.17, 15) is 18.0 Å². The first kappa shape index (κ1) is 34.7. The highest BCUT2D eigenvalue weighted by molar-refractivity contribution is 7.92. The van der Waals surface area contributed by atoms with Gasteiger partial charge in [-0.3, -0.25) is 13.9 Å². The molecule has 0 radical (unpaired) electrons. The number of rotatable bonds is 14. The molecule has 1 saturated carbocycles. The van der Waals surface area contributed by atoms with Crippen LogP contribution in [0.5, 0.6) is 5.75 Å². The molecule has 0 aromatic heterocycles. The maximum Gasteiger partial charge on any atom is 0.264 e. The second kappa shape index (κ2) is 16.5. The van der Waals surface area contributed by atoms with E-state index in [1.807, 2.05) is 73.7 Å². The number of carbonyl (C=O) groups excluding carboxylic acids is 2. The zero-order chi connectivity index (χ0) is 33.9. The number of nitrogens with one attached hydrogen (secondary N) is 1. The normalized spacial score (nSPS) is 14.1. The lowest BCUT2D eigenvalue weighted by atomic mass is 9.94. The molecule has 1 aliphatic carbocycles. The minimum absolute atomic E-state index is 0.0321. The molecule has 0 heterocycles. The summed E-state index contributed by atoms with van der Waals surface area (Å²) in [5, 5.41) is 3.25. The van der Waals surface area contributed by atoms with Crippen LogP contribution >= 0.6 is 0 Å². The monoisotopic (exact) mass is 667 g/mol. The molecule has 4 aromatic rings. The Morgan fingerprint density at radius 3 is 2.17 bits per heavy atom. The summed E-state index contributed by atoms with van der Waals surface area (Å²) in [4.78, 5) is 30.7. The molecule has 252 valence electrons. The number of methoxy groups -OCH3 is 1. The van der Waals surface area contributed by atoms with Gasteiger partial charge in [-0.15, -0.1) is 0 Å². The van der Waals surface area contributed by atoms with Crippen molar-refractivity contribution in [1.82, 2.24) is 10.2 Å². The molecule has 0 unspecified atom stereocenters. The van der Waals surface area contributed by atoms with Gasteiger partial charge < -0.3 is 15.0 Å². The number of carbonyl (C=O) groups is 2. The van der Waals surface area contributed by atoms with E-state index < -0.39 is 28.5 Å². The Hall–Kier alpha value is -4.63. The van der Waals surface area contributed by atoms with Crippen LogP contribution in [0.25, 0.3) is 0 Å². The summed E-state index contributed by atoms with van der Waals surface area (Å²) in [6.07, 6.45) is 5.86. The molecule has 0 spiro atoms. The van der Waals surface area contributed by atoms with Gasteiger partial charge in [0, 0.05) is 19.0 Å². The van der Waals surface area contributed by atoms with Crippen LogP contribution in [-0.2, 0) is 39.0 Å². The second-order valence-corrected chi connectivity index (χ2v) is 14.1. The Morgan fingerprint density at radius 1 is 0.833 bits per heavy atom. The average molecular weight is 668 g/mol. The van der Waals surface area contributed by atoms with Crippen LogP contribution in [0, 0.1) is 0 Å². The van der Waals surface area contributed by atoms with E-state index in [0.29, 0.717) is 17.9 Å². The molecule has 5 rings (SSSR count). The van der Waals surface area contributed by atoms with E-state index in [0.717, 1.165) is 48.8 Å². The van der Waals surface area contributed by atoms with Crippen LogP contribution in [0.2, 0.25) is 0 Å². The summed E-state index contributed by atoms with van der Waals surface area (Å²) in [5.74, 6) is -0.104. The maximum atomic E-state index is 14.8. The van der Waals surface area contributed by atoms with E-state index >= 15 is 0 Å². The van der Waals surface area contributed by atoms with Crippen LogP contribution in [-0.4, -0.2) is 50.9 Å². The van der Waals surface area contributed by atoms with Gasteiger partial charge in [0.05, 0.1) is 17.7 Å². The van der Waals surface area contributed by atoms with Gasteiger partial charge in [0.1, 0.15) is 18.3 Å². The molecule has 1 aliphatic rings. The maximum absolute atomic E-state index is 14.8. The fraction of sp³-hybridized carbons (Fsp3) is 0.333. The molecule has 0 aliphatic heterocycles. The lowest BCUT2D eigenvalue weighted by molar-refractivity contribution is -0.140. The summed E-state index contributed by atoms with van der Waals surface area (Å²) in [6, 6.07) is 31.5. The van der Waals surface area contributed by atoms with Crippen LogP contribution in [0.15, 0.2) is 114 Å². The van der Waals surface area contributed by atoms with Crippen molar-refractivity contribution < 1.29 is 22.7 Å². The lowest BCUT2D eigenvalue weighted by Crippen LogP contribution is -2.55. The van der Waals surface area contributed by atoms with Gasteiger partial charge in [0.2, 0.25) is 11.8 Å². The van der Waals surface area contributed by atoms with E-state index in [1.54, 1.807) is 42.3 Å². The number of sulfonamides is 1. The van der Waals surface area contributed by atoms with E-state index in [4.69, 9.17) is 4.74 Å². The summed E-state index contributed by atoms with van der Waals surface area (Å²) in [7, 11) is -2.58. The first-order valence-corrected chi connectivity index (χ1v) is 18.2. The van der Waals surface area contributed by atoms with Crippen molar-refractivity contribution in [3.05, 3.63) is 126 Å². The van der Waals surface area contributed by atoms with Crippen molar-refractivity contribution in [3.63, 3.8) is 0 Å². The Kier molecular flexibility index (Phi) is 11.9. The number of ether oxygens (including phenoxy) is 1. The molecule has 4 aromatic carbocycles. The van der Waals surface area contributed by atoms with Gasteiger partial charge in [-0.2, -0.15) is 0 Å². The Labute approximate surface area is 284 Å². The van der Waals surface area contributed by atoms with E-state index in [1.165, 1.54) is 16.4 Å². The minimum Gasteiger partial charge on any atom is -0.497 e. The first-order chi connectivity index (χ1) is 23.3. The van der Waals surface area contributed by atoms with Crippen molar-refractivity contribution in [3.8, 4) is 5.75 Å². The van der Waals surface area contributed by atoms with Crippen molar-refractivity contribution in [2.75, 3.05) is 18.0 Å². The summed E-state index contributed by atoms with van der Waals surface area (Å²) in [6.45, 7) is 1.55. The summed E-state index contributed by atoms with van der Waals surface area (Å²) >= 11 is 0. The molecule has 1 atom stereocenters. The molecule has 0 saturated heterocycles. The van der Waals surface area contributed by atoms with Crippen molar-refractivity contribution in [2.24, 2.45) is 0 Å². The highest BCUT2D eigenvalue weighted by atomic mass is 32.2. The Bertz CT molecular complexity index is 1760. The molecule has 8 nitrogen and oxygen atoms in total. The van der Waals surface area contributed by atoms with E-state index in [2.05, 4.69) is 5.32 Å². The predicted octanol–water partition coefficient (Wildman–Crippen LogP) is 6.54. The first-order valence-electron chi connectivity index (χ1n) is 16.7. The number of anilines is 1. The minimum atomic E-state index is -4.16. The summed E-state index contributed by atoms with van der Waals surface area (Å²) in [5.41, 5.74) is 2.89. The largest absolute Gasteiger partial charge is 0.497 e. The Morgan fingerprint density at radius 2 is 1.48 bits per heavy atom. The molecule has 1 fully saturated rings. The van der Waals surface area contributed by atoms with Crippen LogP contribution in [0.1, 0.15) is 55.7 Å². The SMILES string of the molecule is CCc1ccccc1N(CC(=O)N(Cc1cccc(OC)c1)[C@@H](Cc1ccccc1)C(=O)NC1CCCCC1)S(=O)(=O)c1ccccc1. The quantitative estimate of drug-likeness (QED) is 0.165. The van der Waals surface area contributed by atoms with Gasteiger partial charge in [0.15, 0.2) is 0 Å². The van der Waals surface area contributed by atoms with Crippen LogP contribution in [0.3, 0.4) is 0 Å². The highest BCUT2D eigenvalue weighted by Gasteiger charge is 2.36.